The summed E-state index contributed by atoms with van der Waals surface area (Å²) in [7, 11) is 1.97. The van der Waals surface area contributed by atoms with Crippen molar-refractivity contribution in [1.82, 2.24) is 19.7 Å². The van der Waals surface area contributed by atoms with Gasteiger partial charge < -0.3 is 5.73 Å². The molecule has 0 amide bonds. The zero-order valence-electron chi connectivity index (χ0n) is 11.9. The van der Waals surface area contributed by atoms with Gasteiger partial charge in [0, 0.05) is 44.0 Å². The Balaban J connectivity index is 1.68. The van der Waals surface area contributed by atoms with Crippen molar-refractivity contribution >= 4 is 5.82 Å². The highest BCUT2D eigenvalue weighted by molar-refractivity contribution is 5.38. The first-order chi connectivity index (χ1) is 9.72. The summed E-state index contributed by atoms with van der Waals surface area (Å²) >= 11 is 0. The summed E-state index contributed by atoms with van der Waals surface area (Å²) in [6, 6.07) is 6.14. The van der Waals surface area contributed by atoms with Crippen LogP contribution < -0.4 is 5.73 Å². The van der Waals surface area contributed by atoms with E-state index in [1.165, 1.54) is 18.5 Å². The number of aryl methyl sites for hydroxylation is 1. The molecular formula is C15H21N5. The molecule has 5 heteroatoms. The van der Waals surface area contributed by atoms with Crippen LogP contribution in [0.5, 0.6) is 0 Å². The highest BCUT2D eigenvalue weighted by atomic mass is 15.3. The van der Waals surface area contributed by atoms with Gasteiger partial charge in [-0.2, -0.15) is 5.10 Å². The van der Waals surface area contributed by atoms with Gasteiger partial charge in [-0.15, -0.1) is 0 Å². The summed E-state index contributed by atoms with van der Waals surface area (Å²) in [6.45, 7) is 3.05. The maximum absolute atomic E-state index is 5.93. The zero-order chi connectivity index (χ0) is 13.9. The quantitative estimate of drug-likeness (QED) is 0.924. The van der Waals surface area contributed by atoms with Crippen LogP contribution in [-0.4, -0.2) is 32.8 Å². The van der Waals surface area contributed by atoms with Crippen LogP contribution in [0.25, 0.3) is 0 Å². The molecule has 0 saturated carbocycles. The van der Waals surface area contributed by atoms with Crippen molar-refractivity contribution in [3.63, 3.8) is 0 Å². The molecule has 0 aromatic carbocycles. The third-order valence-electron chi connectivity index (χ3n) is 3.98. The van der Waals surface area contributed by atoms with Gasteiger partial charge in [0.25, 0.3) is 0 Å². The Kier molecular flexibility index (Phi) is 3.69. The molecular weight excluding hydrogens is 250 g/mol. The molecule has 1 aliphatic heterocycles. The second-order valence-electron chi connectivity index (χ2n) is 5.54. The number of aromatic nitrogens is 3. The standard InChI is InChI=1S/C15H21N5/c1-19-9-6-14(18-19)12-5-3-8-20(10-12)11-13-4-2-7-17-15(13)16/h2,4,6-7,9,12H,3,5,8,10-11H2,1H3,(H2,16,17). The van der Waals surface area contributed by atoms with Crippen molar-refractivity contribution in [2.45, 2.75) is 25.3 Å². The Morgan fingerprint density at radius 1 is 1.40 bits per heavy atom. The SMILES string of the molecule is Cn1ccc(C2CCCN(Cc3cccnc3N)C2)n1. The number of nitrogens with zero attached hydrogens (tertiary/aromatic N) is 4. The van der Waals surface area contributed by atoms with Crippen LogP contribution >= 0.6 is 0 Å². The number of piperidine rings is 1. The molecule has 3 heterocycles. The van der Waals surface area contributed by atoms with E-state index >= 15 is 0 Å². The predicted octanol–water partition coefficient (Wildman–Crippen LogP) is 1.78. The lowest BCUT2D eigenvalue weighted by molar-refractivity contribution is 0.198. The summed E-state index contributed by atoms with van der Waals surface area (Å²) < 4.78 is 1.88. The lowest BCUT2D eigenvalue weighted by atomic mass is 9.94. The minimum Gasteiger partial charge on any atom is -0.383 e. The van der Waals surface area contributed by atoms with Crippen LogP contribution in [0.15, 0.2) is 30.6 Å². The van der Waals surface area contributed by atoms with E-state index in [9.17, 15) is 0 Å². The monoisotopic (exact) mass is 271 g/mol. The largest absolute Gasteiger partial charge is 0.383 e. The van der Waals surface area contributed by atoms with Crippen LogP contribution in [0.2, 0.25) is 0 Å². The summed E-state index contributed by atoms with van der Waals surface area (Å²) in [5.41, 5.74) is 8.26. The third-order valence-corrected chi connectivity index (χ3v) is 3.98. The molecule has 3 rings (SSSR count). The van der Waals surface area contributed by atoms with Gasteiger partial charge in [-0.05, 0) is 31.5 Å². The number of nitrogens with two attached hydrogens (primary N) is 1. The fourth-order valence-corrected chi connectivity index (χ4v) is 2.92. The van der Waals surface area contributed by atoms with Gasteiger partial charge in [0.2, 0.25) is 0 Å². The average Bonchev–Trinajstić information content (AvgIpc) is 2.89. The van der Waals surface area contributed by atoms with E-state index in [1.54, 1.807) is 6.20 Å². The number of anilines is 1. The molecule has 1 fully saturated rings. The molecule has 0 bridgehead atoms. The number of hydrogen-bond donors (Lipinski definition) is 1. The summed E-state index contributed by atoms with van der Waals surface area (Å²) in [5.74, 6) is 1.18. The lowest BCUT2D eigenvalue weighted by Gasteiger charge is -2.32. The predicted molar refractivity (Wildman–Crippen MR) is 79.1 cm³/mol. The van der Waals surface area contributed by atoms with Crippen molar-refractivity contribution in [2.24, 2.45) is 7.05 Å². The first kappa shape index (κ1) is 13.1. The molecule has 2 N–H and O–H groups in total. The minimum atomic E-state index is 0.530. The van der Waals surface area contributed by atoms with Crippen LogP contribution in [-0.2, 0) is 13.6 Å². The second-order valence-corrected chi connectivity index (χ2v) is 5.54. The van der Waals surface area contributed by atoms with E-state index in [4.69, 9.17) is 5.73 Å². The molecule has 1 unspecified atom stereocenters. The average molecular weight is 271 g/mol. The number of hydrogen-bond acceptors (Lipinski definition) is 4. The first-order valence-electron chi connectivity index (χ1n) is 7.13. The molecule has 0 radical (unpaired) electrons. The van der Waals surface area contributed by atoms with Crippen molar-refractivity contribution in [3.8, 4) is 0 Å². The Labute approximate surface area is 119 Å². The Morgan fingerprint density at radius 3 is 3.05 bits per heavy atom. The van der Waals surface area contributed by atoms with Crippen molar-refractivity contribution in [3.05, 3.63) is 41.9 Å². The van der Waals surface area contributed by atoms with Crippen LogP contribution in [0.3, 0.4) is 0 Å². The van der Waals surface area contributed by atoms with Gasteiger partial charge in [0.15, 0.2) is 0 Å². The molecule has 1 saturated heterocycles. The van der Waals surface area contributed by atoms with Gasteiger partial charge in [-0.25, -0.2) is 4.98 Å². The number of likely N-dealkylation sites (tertiary alicyclic amines) is 1. The molecule has 0 spiro atoms. The molecule has 1 aliphatic rings. The van der Waals surface area contributed by atoms with Gasteiger partial charge in [-0.3, -0.25) is 9.58 Å². The maximum Gasteiger partial charge on any atom is 0.127 e. The molecule has 106 valence electrons. The number of pyridine rings is 1. The fraction of sp³-hybridized carbons (Fsp3) is 0.467. The van der Waals surface area contributed by atoms with E-state index in [0.717, 1.165) is 25.2 Å². The lowest BCUT2D eigenvalue weighted by Crippen LogP contribution is -2.34. The Hall–Kier alpha value is -1.88. The van der Waals surface area contributed by atoms with E-state index in [0.29, 0.717) is 11.7 Å². The van der Waals surface area contributed by atoms with E-state index in [-0.39, 0.29) is 0 Å². The van der Waals surface area contributed by atoms with E-state index in [1.807, 2.05) is 24.0 Å². The molecule has 1 atom stereocenters. The molecule has 2 aromatic rings. The van der Waals surface area contributed by atoms with Crippen LogP contribution in [0, 0.1) is 0 Å². The topological polar surface area (TPSA) is 60.0 Å². The van der Waals surface area contributed by atoms with Gasteiger partial charge in [0.1, 0.15) is 5.82 Å². The number of nitrogen functional groups attached to an aromatic ring is 1. The summed E-state index contributed by atoms with van der Waals surface area (Å²) in [4.78, 5) is 6.62. The highest BCUT2D eigenvalue weighted by Crippen LogP contribution is 2.26. The summed E-state index contributed by atoms with van der Waals surface area (Å²) in [6.07, 6.45) is 6.19. The smallest absolute Gasteiger partial charge is 0.127 e. The van der Waals surface area contributed by atoms with Gasteiger partial charge >= 0.3 is 0 Å². The number of rotatable bonds is 3. The maximum atomic E-state index is 5.93. The first-order valence-corrected chi connectivity index (χ1v) is 7.13. The molecule has 5 nitrogen and oxygen atoms in total. The van der Waals surface area contributed by atoms with Crippen molar-refractivity contribution in [2.75, 3.05) is 18.8 Å². The van der Waals surface area contributed by atoms with Crippen molar-refractivity contribution in [1.29, 1.82) is 0 Å². The van der Waals surface area contributed by atoms with Crippen molar-refractivity contribution < 1.29 is 0 Å². The molecule has 20 heavy (non-hydrogen) atoms. The van der Waals surface area contributed by atoms with Crippen LogP contribution in [0.1, 0.15) is 30.0 Å². The molecule has 0 aliphatic carbocycles. The minimum absolute atomic E-state index is 0.530. The fourth-order valence-electron chi connectivity index (χ4n) is 2.92. The van der Waals surface area contributed by atoms with Crippen LogP contribution in [0.4, 0.5) is 5.82 Å². The Bertz CT molecular complexity index is 577. The third kappa shape index (κ3) is 2.82. The summed E-state index contributed by atoms with van der Waals surface area (Å²) in [5, 5.41) is 4.55. The van der Waals surface area contributed by atoms with Gasteiger partial charge in [-0.1, -0.05) is 6.07 Å². The second kappa shape index (κ2) is 5.63. The normalized spacial score (nSPS) is 20.1. The van der Waals surface area contributed by atoms with E-state index in [2.05, 4.69) is 27.1 Å². The molecule has 2 aromatic heterocycles. The Morgan fingerprint density at radius 2 is 2.30 bits per heavy atom. The zero-order valence-corrected chi connectivity index (χ0v) is 11.9. The van der Waals surface area contributed by atoms with Gasteiger partial charge in [0.05, 0.1) is 5.69 Å². The highest BCUT2D eigenvalue weighted by Gasteiger charge is 2.23. The van der Waals surface area contributed by atoms with E-state index < -0.39 is 0 Å².